The molecule has 2 N–H and O–H groups in total. The second kappa shape index (κ2) is 5.66. The maximum atomic E-state index is 12.5. The van der Waals surface area contributed by atoms with Gasteiger partial charge >= 0.3 is 0 Å². The molecule has 2 fully saturated rings. The van der Waals surface area contributed by atoms with Crippen LogP contribution in [0.4, 0.5) is 0 Å². The van der Waals surface area contributed by atoms with Crippen LogP contribution >= 0.6 is 0 Å². The van der Waals surface area contributed by atoms with Gasteiger partial charge in [-0.3, -0.25) is 4.79 Å². The smallest absolute Gasteiger partial charge is 0.230 e. The summed E-state index contributed by atoms with van der Waals surface area (Å²) in [7, 11) is 1.65. The Morgan fingerprint density at radius 2 is 2.00 bits per heavy atom. The quantitative estimate of drug-likeness (QED) is 0.657. The van der Waals surface area contributed by atoms with Crippen LogP contribution < -0.4 is 10.2 Å². The maximum absolute atomic E-state index is 12.5. The number of carbonyl (C=O) groups excluding carboxylic acids is 1. The topological polar surface area (TPSA) is 61.8 Å². The van der Waals surface area contributed by atoms with Gasteiger partial charge in [-0.05, 0) is 43.4 Å². The summed E-state index contributed by atoms with van der Waals surface area (Å²) in [6, 6.07) is 8.01. The highest BCUT2D eigenvalue weighted by molar-refractivity contribution is 5.88. The van der Waals surface area contributed by atoms with E-state index in [9.17, 15) is 4.79 Å². The van der Waals surface area contributed by atoms with E-state index in [1.54, 1.807) is 7.11 Å². The number of hydrogen-bond acceptors (Lipinski definition) is 4. The van der Waals surface area contributed by atoms with Crippen molar-refractivity contribution in [3.05, 3.63) is 29.8 Å². The number of β-lactam (4-membered cyclic amide) rings is 1. The van der Waals surface area contributed by atoms with Crippen LogP contribution in [0.1, 0.15) is 31.2 Å². The van der Waals surface area contributed by atoms with Gasteiger partial charge in [-0.15, -0.1) is 0 Å². The van der Waals surface area contributed by atoms with Crippen molar-refractivity contribution >= 4 is 5.91 Å². The molecular weight excluding hydrogens is 268 g/mol. The number of carbonyl (C=O) groups is 1. The number of nitrogens with zero attached hydrogens (tertiary/aromatic N) is 1. The second-order valence-electron chi connectivity index (χ2n) is 6.19. The first-order chi connectivity index (χ1) is 10.2. The molecule has 0 radical (unpaired) electrons. The molecule has 21 heavy (non-hydrogen) atoms. The van der Waals surface area contributed by atoms with E-state index in [2.05, 4.69) is 5.48 Å². The minimum atomic E-state index is -0.153. The minimum absolute atomic E-state index is 0.152. The summed E-state index contributed by atoms with van der Waals surface area (Å²) in [5.74, 6) is 1.11. The van der Waals surface area contributed by atoms with Gasteiger partial charge < -0.3 is 14.8 Å². The lowest BCUT2D eigenvalue weighted by Crippen LogP contribution is -2.62. The molecule has 1 amide bonds. The number of methoxy groups -OCH3 is 1. The minimum Gasteiger partial charge on any atom is -0.497 e. The summed E-state index contributed by atoms with van der Waals surface area (Å²) < 4.78 is 5.14. The van der Waals surface area contributed by atoms with Crippen molar-refractivity contribution in [1.82, 2.24) is 10.4 Å². The molecule has 1 aromatic rings. The largest absolute Gasteiger partial charge is 0.497 e. The lowest BCUT2D eigenvalue weighted by molar-refractivity contribution is -0.166. The second-order valence-corrected chi connectivity index (χ2v) is 6.19. The van der Waals surface area contributed by atoms with E-state index in [0.29, 0.717) is 6.54 Å². The van der Waals surface area contributed by atoms with E-state index in [-0.39, 0.29) is 17.4 Å². The number of ether oxygens (including phenoxy) is 1. The number of nitrogens with one attached hydrogen (secondary N) is 1. The van der Waals surface area contributed by atoms with Crippen LogP contribution in [0.5, 0.6) is 5.75 Å². The number of hydroxylamine groups is 1. The molecule has 0 aromatic heterocycles. The molecule has 0 bridgehead atoms. The molecule has 3 rings (SSSR count). The van der Waals surface area contributed by atoms with E-state index >= 15 is 0 Å². The summed E-state index contributed by atoms with van der Waals surface area (Å²) in [5.41, 5.74) is 3.31. The fraction of sp³-hybridized carbons (Fsp3) is 0.562. The number of likely N-dealkylation sites (tertiary alicyclic amines) is 1. The fourth-order valence-electron chi connectivity index (χ4n) is 3.50. The zero-order valence-corrected chi connectivity index (χ0v) is 12.3. The van der Waals surface area contributed by atoms with E-state index in [4.69, 9.17) is 9.94 Å². The van der Waals surface area contributed by atoms with E-state index < -0.39 is 0 Å². The van der Waals surface area contributed by atoms with Crippen LogP contribution in [-0.4, -0.2) is 35.7 Å². The van der Waals surface area contributed by atoms with Crippen molar-refractivity contribution in [2.75, 3.05) is 13.7 Å². The van der Waals surface area contributed by atoms with Gasteiger partial charge in [0.05, 0.1) is 12.5 Å². The summed E-state index contributed by atoms with van der Waals surface area (Å²) in [6.45, 7) is 1.52. The van der Waals surface area contributed by atoms with Crippen molar-refractivity contribution in [3.8, 4) is 5.75 Å². The van der Waals surface area contributed by atoms with E-state index in [0.717, 1.165) is 43.5 Å². The Kier molecular flexibility index (Phi) is 3.87. The third-order valence-corrected chi connectivity index (χ3v) is 4.89. The van der Waals surface area contributed by atoms with Crippen molar-refractivity contribution < 1.29 is 14.7 Å². The van der Waals surface area contributed by atoms with E-state index in [1.165, 1.54) is 0 Å². The lowest BCUT2D eigenvalue weighted by Gasteiger charge is -2.52. The Bertz CT molecular complexity index is 507. The number of amides is 1. The number of benzene rings is 1. The van der Waals surface area contributed by atoms with Crippen LogP contribution in [0, 0.1) is 5.41 Å². The molecule has 1 aromatic carbocycles. The molecule has 1 saturated carbocycles. The molecular formula is C16H22N2O3. The first-order valence-corrected chi connectivity index (χ1v) is 7.49. The van der Waals surface area contributed by atoms with Crippen molar-refractivity contribution in [2.24, 2.45) is 5.41 Å². The molecule has 0 atom stereocenters. The molecule has 1 spiro atoms. The van der Waals surface area contributed by atoms with Crippen LogP contribution in [-0.2, 0) is 11.3 Å². The summed E-state index contributed by atoms with van der Waals surface area (Å²) in [4.78, 5) is 14.4. The fourth-order valence-corrected chi connectivity index (χ4v) is 3.50. The van der Waals surface area contributed by atoms with Gasteiger partial charge in [-0.1, -0.05) is 12.1 Å². The van der Waals surface area contributed by atoms with Crippen LogP contribution in [0.3, 0.4) is 0 Å². The number of rotatable bonds is 4. The highest BCUT2D eigenvalue weighted by atomic mass is 16.5. The third kappa shape index (κ3) is 2.63. The predicted molar refractivity (Wildman–Crippen MR) is 78.0 cm³/mol. The summed E-state index contributed by atoms with van der Waals surface area (Å²) in [6.07, 6.45) is 3.50. The van der Waals surface area contributed by atoms with Crippen molar-refractivity contribution in [1.29, 1.82) is 0 Å². The Morgan fingerprint density at radius 3 is 2.52 bits per heavy atom. The molecule has 1 aliphatic carbocycles. The first-order valence-electron chi connectivity index (χ1n) is 7.49. The van der Waals surface area contributed by atoms with Gasteiger partial charge in [0.1, 0.15) is 5.75 Å². The maximum Gasteiger partial charge on any atom is 0.230 e. The standard InChI is InChI=1S/C16H22N2O3/c1-21-14-4-2-12(3-5-14)10-18-11-16(15(18)19)8-6-13(17-20)7-9-16/h2-5,13,17,20H,6-11H2,1H3. The van der Waals surface area contributed by atoms with Crippen LogP contribution in [0.2, 0.25) is 0 Å². The average molecular weight is 290 g/mol. The highest BCUT2D eigenvalue weighted by Gasteiger charge is 2.52. The molecule has 1 aliphatic heterocycles. The van der Waals surface area contributed by atoms with E-state index in [1.807, 2.05) is 29.2 Å². The Morgan fingerprint density at radius 1 is 1.33 bits per heavy atom. The van der Waals surface area contributed by atoms with Gasteiger partial charge in [0.2, 0.25) is 5.91 Å². The molecule has 114 valence electrons. The van der Waals surface area contributed by atoms with Gasteiger partial charge in [0.15, 0.2) is 0 Å². The average Bonchev–Trinajstić information content (AvgIpc) is 2.55. The molecule has 0 unspecified atom stereocenters. The van der Waals surface area contributed by atoms with Gasteiger partial charge in [0, 0.05) is 19.1 Å². The Balaban J connectivity index is 1.57. The SMILES string of the molecule is COc1ccc(CN2CC3(CCC(NO)CC3)C2=O)cc1. The third-order valence-electron chi connectivity index (χ3n) is 4.89. The van der Waals surface area contributed by atoms with Crippen molar-refractivity contribution in [3.63, 3.8) is 0 Å². The van der Waals surface area contributed by atoms with Crippen molar-refractivity contribution in [2.45, 2.75) is 38.3 Å². The molecule has 5 nitrogen and oxygen atoms in total. The molecule has 5 heteroatoms. The number of hydrogen-bond donors (Lipinski definition) is 2. The van der Waals surface area contributed by atoms with Gasteiger partial charge in [-0.2, -0.15) is 0 Å². The molecule has 1 saturated heterocycles. The molecule has 2 aliphatic rings. The normalized spacial score (nSPS) is 28.6. The Labute approximate surface area is 124 Å². The highest BCUT2D eigenvalue weighted by Crippen LogP contribution is 2.45. The lowest BCUT2D eigenvalue weighted by atomic mass is 9.66. The first kappa shape index (κ1) is 14.4. The Hall–Kier alpha value is -1.59. The van der Waals surface area contributed by atoms with Gasteiger partial charge in [-0.25, -0.2) is 5.48 Å². The van der Waals surface area contributed by atoms with Crippen LogP contribution in [0.15, 0.2) is 24.3 Å². The zero-order chi connectivity index (χ0) is 14.9. The molecule has 1 heterocycles. The summed E-state index contributed by atoms with van der Waals surface area (Å²) in [5, 5.41) is 8.95. The monoisotopic (exact) mass is 290 g/mol. The summed E-state index contributed by atoms with van der Waals surface area (Å²) >= 11 is 0. The predicted octanol–water partition coefficient (Wildman–Crippen LogP) is 1.95. The van der Waals surface area contributed by atoms with Gasteiger partial charge in [0.25, 0.3) is 0 Å². The van der Waals surface area contributed by atoms with Crippen LogP contribution in [0.25, 0.3) is 0 Å². The zero-order valence-electron chi connectivity index (χ0n) is 12.3.